The average Bonchev–Trinajstić information content (AvgIpc) is 2.95. The molecule has 1 amide bonds. The van der Waals surface area contributed by atoms with Crippen LogP contribution in [-0.2, 0) is 13.0 Å². The lowest BCUT2D eigenvalue weighted by molar-refractivity contribution is 0.102. The number of aromatic nitrogens is 2. The summed E-state index contributed by atoms with van der Waals surface area (Å²) in [6.07, 6.45) is 4.37. The fourth-order valence-electron chi connectivity index (χ4n) is 3.20. The van der Waals surface area contributed by atoms with E-state index in [-0.39, 0.29) is 5.91 Å². The number of aryl methyl sites for hydroxylation is 1. The molecule has 0 aliphatic carbocycles. The molecule has 0 radical (unpaired) electrons. The molecule has 3 heterocycles. The maximum Gasteiger partial charge on any atom is 0.257 e. The summed E-state index contributed by atoms with van der Waals surface area (Å²) in [4.78, 5) is 20.3. The van der Waals surface area contributed by atoms with Crippen molar-refractivity contribution >= 4 is 22.5 Å². The highest BCUT2D eigenvalue weighted by atomic mass is 16.1. The van der Waals surface area contributed by atoms with E-state index < -0.39 is 0 Å². The quantitative estimate of drug-likeness (QED) is 0.682. The Kier molecular flexibility index (Phi) is 3.35. The fourth-order valence-corrected chi connectivity index (χ4v) is 3.20. The molecule has 2 aromatic heterocycles. The lowest BCUT2D eigenvalue weighted by Gasteiger charge is -2.19. The molecular formula is C18H18N4O. The van der Waals surface area contributed by atoms with E-state index in [0.717, 1.165) is 52.9 Å². The fraction of sp³-hybridized carbons (Fsp3) is 0.222. The highest BCUT2D eigenvalue weighted by molar-refractivity contribution is 6.09. The minimum absolute atomic E-state index is 0.0948. The van der Waals surface area contributed by atoms with Crippen LogP contribution in [0.25, 0.3) is 10.9 Å². The van der Waals surface area contributed by atoms with Crippen LogP contribution in [0, 0.1) is 6.92 Å². The summed E-state index contributed by atoms with van der Waals surface area (Å²) in [7, 11) is 0. The van der Waals surface area contributed by atoms with Crippen LogP contribution in [0.5, 0.6) is 0 Å². The van der Waals surface area contributed by atoms with E-state index >= 15 is 0 Å². The van der Waals surface area contributed by atoms with Gasteiger partial charge in [-0.2, -0.15) is 0 Å². The van der Waals surface area contributed by atoms with Crippen LogP contribution < -0.4 is 10.6 Å². The van der Waals surface area contributed by atoms with E-state index in [1.807, 2.05) is 37.4 Å². The minimum atomic E-state index is -0.0948. The van der Waals surface area contributed by atoms with Gasteiger partial charge in [0.15, 0.2) is 0 Å². The molecule has 3 N–H and O–H groups in total. The molecule has 0 fully saturated rings. The van der Waals surface area contributed by atoms with Gasteiger partial charge in [0.1, 0.15) is 0 Å². The van der Waals surface area contributed by atoms with Crippen molar-refractivity contribution in [2.24, 2.45) is 0 Å². The Hall–Kier alpha value is -2.66. The molecule has 1 aliphatic heterocycles. The Morgan fingerprint density at radius 3 is 3.13 bits per heavy atom. The van der Waals surface area contributed by atoms with E-state index in [1.165, 1.54) is 0 Å². The van der Waals surface area contributed by atoms with Gasteiger partial charge in [-0.3, -0.25) is 9.78 Å². The number of rotatable bonds is 2. The standard InChI is InChI=1S/C18H18N4O/c1-11-7-14-16(21-11)3-2-4-17(14)22-18(23)15-10-20-9-12-8-19-6-5-13(12)15/h2-4,7,9-10,19,21H,5-6,8H2,1H3,(H,22,23). The van der Waals surface area contributed by atoms with Gasteiger partial charge < -0.3 is 15.6 Å². The van der Waals surface area contributed by atoms with Gasteiger partial charge in [0.05, 0.1) is 11.3 Å². The number of hydrogen-bond acceptors (Lipinski definition) is 3. The molecular weight excluding hydrogens is 288 g/mol. The Morgan fingerprint density at radius 1 is 1.30 bits per heavy atom. The van der Waals surface area contributed by atoms with Crippen LogP contribution >= 0.6 is 0 Å². The zero-order chi connectivity index (χ0) is 15.8. The van der Waals surface area contributed by atoms with E-state index in [1.54, 1.807) is 6.20 Å². The van der Waals surface area contributed by atoms with Crippen LogP contribution in [0.4, 0.5) is 5.69 Å². The smallest absolute Gasteiger partial charge is 0.257 e. The topological polar surface area (TPSA) is 69.8 Å². The summed E-state index contributed by atoms with van der Waals surface area (Å²) in [5.74, 6) is -0.0948. The van der Waals surface area contributed by atoms with Crippen molar-refractivity contribution in [1.29, 1.82) is 0 Å². The monoisotopic (exact) mass is 306 g/mol. The van der Waals surface area contributed by atoms with Gasteiger partial charge in [0, 0.05) is 35.5 Å². The number of fused-ring (bicyclic) bond motifs is 2. The Morgan fingerprint density at radius 2 is 2.22 bits per heavy atom. The molecule has 5 nitrogen and oxygen atoms in total. The first-order chi connectivity index (χ1) is 11.2. The third-order valence-electron chi connectivity index (χ3n) is 4.31. The highest BCUT2D eigenvalue weighted by Gasteiger charge is 2.18. The second-order valence-corrected chi connectivity index (χ2v) is 5.92. The molecule has 0 saturated heterocycles. The Bertz CT molecular complexity index is 897. The zero-order valence-electron chi connectivity index (χ0n) is 12.9. The summed E-state index contributed by atoms with van der Waals surface area (Å²) in [5, 5.41) is 7.38. The normalized spacial score (nSPS) is 13.8. The van der Waals surface area contributed by atoms with Gasteiger partial charge >= 0.3 is 0 Å². The van der Waals surface area contributed by atoms with Gasteiger partial charge in [-0.25, -0.2) is 0 Å². The van der Waals surface area contributed by atoms with E-state index in [0.29, 0.717) is 5.56 Å². The number of amides is 1. The van der Waals surface area contributed by atoms with Gasteiger partial charge in [-0.1, -0.05) is 6.07 Å². The molecule has 1 aliphatic rings. The molecule has 0 atom stereocenters. The number of carbonyl (C=O) groups is 1. The van der Waals surface area contributed by atoms with Crippen molar-refractivity contribution in [3.8, 4) is 0 Å². The lowest BCUT2D eigenvalue weighted by atomic mass is 9.98. The Labute approximate surface area is 134 Å². The maximum absolute atomic E-state index is 12.8. The van der Waals surface area contributed by atoms with Crippen molar-refractivity contribution in [3.05, 3.63) is 59.0 Å². The molecule has 0 unspecified atom stereocenters. The number of benzene rings is 1. The minimum Gasteiger partial charge on any atom is -0.359 e. The van der Waals surface area contributed by atoms with Crippen LogP contribution in [-0.4, -0.2) is 22.4 Å². The molecule has 0 saturated carbocycles. The van der Waals surface area contributed by atoms with Gasteiger partial charge in [-0.05, 0) is 49.2 Å². The van der Waals surface area contributed by atoms with Crippen LogP contribution in [0.3, 0.4) is 0 Å². The summed E-state index contributed by atoms with van der Waals surface area (Å²) >= 11 is 0. The molecule has 4 rings (SSSR count). The molecule has 116 valence electrons. The number of nitrogens with zero attached hydrogens (tertiary/aromatic N) is 1. The van der Waals surface area contributed by atoms with Crippen LogP contribution in [0.1, 0.15) is 27.2 Å². The largest absolute Gasteiger partial charge is 0.359 e. The van der Waals surface area contributed by atoms with Gasteiger partial charge in [-0.15, -0.1) is 0 Å². The second-order valence-electron chi connectivity index (χ2n) is 5.92. The first-order valence-corrected chi connectivity index (χ1v) is 7.78. The number of carbonyl (C=O) groups excluding carboxylic acids is 1. The van der Waals surface area contributed by atoms with E-state index in [9.17, 15) is 4.79 Å². The number of H-pyrrole nitrogens is 1. The predicted molar refractivity (Wildman–Crippen MR) is 90.6 cm³/mol. The highest BCUT2D eigenvalue weighted by Crippen LogP contribution is 2.25. The van der Waals surface area contributed by atoms with E-state index in [2.05, 4.69) is 20.6 Å². The van der Waals surface area contributed by atoms with Crippen molar-refractivity contribution < 1.29 is 4.79 Å². The molecule has 0 spiro atoms. The molecule has 23 heavy (non-hydrogen) atoms. The van der Waals surface area contributed by atoms with Crippen LogP contribution in [0.2, 0.25) is 0 Å². The molecule has 1 aromatic carbocycles. The molecule has 0 bridgehead atoms. The third kappa shape index (κ3) is 2.49. The molecule has 3 aromatic rings. The zero-order valence-corrected chi connectivity index (χ0v) is 12.9. The van der Waals surface area contributed by atoms with Crippen molar-refractivity contribution in [1.82, 2.24) is 15.3 Å². The summed E-state index contributed by atoms with van der Waals surface area (Å²) < 4.78 is 0. The summed E-state index contributed by atoms with van der Waals surface area (Å²) in [5.41, 5.74) is 5.81. The summed E-state index contributed by atoms with van der Waals surface area (Å²) in [6.45, 7) is 3.68. The number of hydrogen-bond donors (Lipinski definition) is 3. The number of pyridine rings is 1. The number of aromatic amines is 1. The van der Waals surface area contributed by atoms with Crippen LogP contribution in [0.15, 0.2) is 36.7 Å². The van der Waals surface area contributed by atoms with E-state index in [4.69, 9.17) is 0 Å². The predicted octanol–water partition coefficient (Wildman–Crippen LogP) is 2.77. The van der Waals surface area contributed by atoms with Crippen molar-refractivity contribution in [2.45, 2.75) is 19.9 Å². The average molecular weight is 306 g/mol. The number of anilines is 1. The first-order valence-electron chi connectivity index (χ1n) is 7.78. The Balaban J connectivity index is 1.70. The second kappa shape index (κ2) is 5.52. The van der Waals surface area contributed by atoms with Crippen molar-refractivity contribution in [2.75, 3.05) is 11.9 Å². The maximum atomic E-state index is 12.8. The first kappa shape index (κ1) is 14.0. The SMILES string of the molecule is Cc1cc2c(NC(=O)c3cncc4c3CCNC4)cccc2[nH]1. The third-order valence-corrected chi connectivity index (χ3v) is 4.31. The van der Waals surface area contributed by atoms with Crippen molar-refractivity contribution in [3.63, 3.8) is 0 Å². The lowest BCUT2D eigenvalue weighted by Crippen LogP contribution is -2.27. The van der Waals surface area contributed by atoms with Gasteiger partial charge in [0.2, 0.25) is 0 Å². The molecule has 5 heteroatoms. The summed E-state index contributed by atoms with van der Waals surface area (Å²) in [6, 6.07) is 7.93. The van der Waals surface area contributed by atoms with Gasteiger partial charge in [0.25, 0.3) is 5.91 Å². The number of nitrogens with one attached hydrogen (secondary N) is 3.